The summed E-state index contributed by atoms with van der Waals surface area (Å²) in [5.74, 6) is 0. The number of rotatable bonds is 1. The SMILES string of the molecule is CSc1cc(C)c2c(c1)CCN2. The van der Waals surface area contributed by atoms with Crippen molar-refractivity contribution in [3.05, 3.63) is 23.3 Å². The molecule has 0 fully saturated rings. The molecule has 0 bridgehead atoms. The molecule has 1 aliphatic rings. The van der Waals surface area contributed by atoms with Crippen molar-refractivity contribution in [3.8, 4) is 0 Å². The van der Waals surface area contributed by atoms with Crippen molar-refractivity contribution >= 4 is 17.4 Å². The van der Waals surface area contributed by atoms with Crippen molar-refractivity contribution in [1.29, 1.82) is 0 Å². The van der Waals surface area contributed by atoms with E-state index in [-0.39, 0.29) is 0 Å². The third-order valence-electron chi connectivity index (χ3n) is 2.32. The molecule has 0 radical (unpaired) electrons. The molecular weight excluding hydrogens is 166 g/mol. The summed E-state index contributed by atoms with van der Waals surface area (Å²) in [5.41, 5.74) is 4.24. The van der Waals surface area contributed by atoms with Gasteiger partial charge in [-0.1, -0.05) is 0 Å². The van der Waals surface area contributed by atoms with Crippen LogP contribution in [0, 0.1) is 6.92 Å². The molecule has 2 heteroatoms. The van der Waals surface area contributed by atoms with Gasteiger partial charge in [0.15, 0.2) is 0 Å². The van der Waals surface area contributed by atoms with Gasteiger partial charge in [-0.05, 0) is 42.9 Å². The smallest absolute Gasteiger partial charge is 0.0404 e. The molecule has 0 aromatic heterocycles. The Morgan fingerprint density at radius 3 is 3.00 bits per heavy atom. The minimum atomic E-state index is 1.11. The molecule has 0 amide bonds. The maximum atomic E-state index is 3.41. The Bertz CT molecular complexity index is 307. The van der Waals surface area contributed by atoms with Crippen molar-refractivity contribution in [2.45, 2.75) is 18.2 Å². The van der Waals surface area contributed by atoms with Crippen LogP contribution in [0.4, 0.5) is 5.69 Å². The summed E-state index contributed by atoms with van der Waals surface area (Å²) >= 11 is 1.82. The summed E-state index contributed by atoms with van der Waals surface area (Å²) in [4.78, 5) is 1.38. The molecule has 0 saturated carbocycles. The second-order valence-corrected chi connectivity index (χ2v) is 4.03. The molecule has 1 nitrogen and oxygen atoms in total. The Hall–Kier alpha value is -0.630. The van der Waals surface area contributed by atoms with Gasteiger partial charge >= 0.3 is 0 Å². The Labute approximate surface area is 77.6 Å². The third-order valence-corrected chi connectivity index (χ3v) is 3.03. The van der Waals surface area contributed by atoms with E-state index in [0.717, 1.165) is 6.54 Å². The van der Waals surface area contributed by atoms with Crippen LogP contribution in [0.2, 0.25) is 0 Å². The average Bonchev–Trinajstić information content (AvgIpc) is 2.52. The zero-order valence-corrected chi connectivity index (χ0v) is 8.29. The monoisotopic (exact) mass is 179 g/mol. The largest absolute Gasteiger partial charge is 0.384 e. The van der Waals surface area contributed by atoms with E-state index in [1.54, 1.807) is 0 Å². The molecule has 1 aromatic rings. The topological polar surface area (TPSA) is 12.0 Å². The number of hydrogen-bond donors (Lipinski definition) is 1. The molecule has 2 rings (SSSR count). The van der Waals surface area contributed by atoms with Crippen LogP contribution in [-0.4, -0.2) is 12.8 Å². The molecule has 0 aliphatic carbocycles. The molecule has 1 N–H and O–H groups in total. The molecule has 0 unspecified atom stereocenters. The Kier molecular flexibility index (Phi) is 2.01. The number of fused-ring (bicyclic) bond motifs is 1. The first kappa shape index (κ1) is 7.99. The van der Waals surface area contributed by atoms with E-state index in [1.807, 2.05) is 11.8 Å². The first-order valence-corrected chi connectivity index (χ1v) is 5.45. The van der Waals surface area contributed by atoms with Gasteiger partial charge in [0.05, 0.1) is 0 Å². The zero-order chi connectivity index (χ0) is 8.55. The van der Waals surface area contributed by atoms with Crippen LogP contribution >= 0.6 is 11.8 Å². The number of aryl methyl sites for hydroxylation is 1. The Morgan fingerprint density at radius 2 is 2.25 bits per heavy atom. The lowest BCUT2D eigenvalue weighted by Crippen LogP contribution is -1.92. The number of hydrogen-bond acceptors (Lipinski definition) is 2. The summed E-state index contributed by atoms with van der Waals surface area (Å²) in [6, 6.07) is 4.55. The van der Waals surface area contributed by atoms with Gasteiger partial charge in [0.25, 0.3) is 0 Å². The number of benzene rings is 1. The van der Waals surface area contributed by atoms with Crippen LogP contribution in [0.15, 0.2) is 17.0 Å². The summed E-state index contributed by atoms with van der Waals surface area (Å²) in [6.45, 7) is 3.28. The highest BCUT2D eigenvalue weighted by atomic mass is 32.2. The quantitative estimate of drug-likeness (QED) is 0.665. The Morgan fingerprint density at radius 1 is 1.42 bits per heavy atom. The van der Waals surface area contributed by atoms with Crippen LogP contribution in [0.1, 0.15) is 11.1 Å². The summed E-state index contributed by atoms with van der Waals surface area (Å²) in [7, 11) is 0. The van der Waals surface area contributed by atoms with E-state index in [9.17, 15) is 0 Å². The first-order valence-electron chi connectivity index (χ1n) is 4.22. The minimum absolute atomic E-state index is 1.11. The van der Waals surface area contributed by atoms with Gasteiger partial charge in [-0.3, -0.25) is 0 Å². The van der Waals surface area contributed by atoms with Gasteiger partial charge in [-0.15, -0.1) is 11.8 Å². The maximum Gasteiger partial charge on any atom is 0.0404 e. The van der Waals surface area contributed by atoms with E-state index in [2.05, 4.69) is 30.6 Å². The zero-order valence-electron chi connectivity index (χ0n) is 7.48. The molecular formula is C10H13NS. The first-order chi connectivity index (χ1) is 5.81. The second-order valence-electron chi connectivity index (χ2n) is 3.16. The summed E-state index contributed by atoms with van der Waals surface area (Å²) in [6.07, 6.45) is 3.31. The molecule has 12 heavy (non-hydrogen) atoms. The van der Waals surface area contributed by atoms with Crippen LogP contribution in [0.3, 0.4) is 0 Å². The number of thioether (sulfide) groups is 1. The lowest BCUT2D eigenvalue weighted by atomic mass is 10.1. The normalized spacial score (nSPS) is 14.2. The maximum absolute atomic E-state index is 3.41. The van der Waals surface area contributed by atoms with Crippen LogP contribution in [0.25, 0.3) is 0 Å². The van der Waals surface area contributed by atoms with Crippen LogP contribution in [-0.2, 0) is 6.42 Å². The highest BCUT2D eigenvalue weighted by Gasteiger charge is 2.12. The molecule has 0 atom stereocenters. The van der Waals surface area contributed by atoms with Gasteiger partial charge < -0.3 is 5.32 Å². The van der Waals surface area contributed by atoms with Gasteiger partial charge in [-0.25, -0.2) is 0 Å². The van der Waals surface area contributed by atoms with E-state index < -0.39 is 0 Å². The summed E-state index contributed by atoms with van der Waals surface area (Å²) in [5, 5.41) is 3.41. The van der Waals surface area contributed by atoms with Gasteiger partial charge in [-0.2, -0.15) is 0 Å². The third kappa shape index (κ3) is 1.20. The second kappa shape index (κ2) is 3.02. The predicted octanol–water partition coefficient (Wildman–Crippen LogP) is 2.68. The average molecular weight is 179 g/mol. The van der Waals surface area contributed by atoms with E-state index in [1.165, 1.54) is 28.1 Å². The van der Waals surface area contributed by atoms with E-state index in [0.29, 0.717) is 0 Å². The standard InChI is InChI=1S/C10H13NS/c1-7-5-9(12-2)6-8-3-4-11-10(7)8/h5-6,11H,3-4H2,1-2H3. The number of nitrogens with one attached hydrogen (secondary N) is 1. The fourth-order valence-corrected chi connectivity index (χ4v) is 2.27. The molecule has 0 spiro atoms. The highest BCUT2D eigenvalue weighted by molar-refractivity contribution is 7.98. The molecule has 0 saturated heterocycles. The lowest BCUT2D eigenvalue weighted by molar-refractivity contribution is 1.10. The predicted molar refractivity (Wildman–Crippen MR) is 55.2 cm³/mol. The fraction of sp³-hybridized carbons (Fsp3) is 0.400. The minimum Gasteiger partial charge on any atom is -0.384 e. The van der Waals surface area contributed by atoms with Crippen LogP contribution in [0.5, 0.6) is 0 Å². The summed E-state index contributed by atoms with van der Waals surface area (Å²) < 4.78 is 0. The Balaban J connectivity index is 2.51. The van der Waals surface area contributed by atoms with Crippen LogP contribution < -0.4 is 5.32 Å². The van der Waals surface area contributed by atoms with Crippen molar-refractivity contribution in [2.75, 3.05) is 18.1 Å². The molecule has 1 heterocycles. The highest BCUT2D eigenvalue weighted by Crippen LogP contribution is 2.30. The fourth-order valence-electron chi connectivity index (χ4n) is 1.71. The molecule has 1 aliphatic heterocycles. The van der Waals surface area contributed by atoms with Crippen molar-refractivity contribution < 1.29 is 0 Å². The van der Waals surface area contributed by atoms with E-state index in [4.69, 9.17) is 0 Å². The van der Waals surface area contributed by atoms with E-state index >= 15 is 0 Å². The molecule has 1 aromatic carbocycles. The number of anilines is 1. The van der Waals surface area contributed by atoms with Gasteiger partial charge in [0.2, 0.25) is 0 Å². The van der Waals surface area contributed by atoms with Crippen molar-refractivity contribution in [2.24, 2.45) is 0 Å². The van der Waals surface area contributed by atoms with Crippen molar-refractivity contribution in [3.63, 3.8) is 0 Å². The van der Waals surface area contributed by atoms with Gasteiger partial charge in [0.1, 0.15) is 0 Å². The lowest BCUT2D eigenvalue weighted by Gasteiger charge is -2.06. The molecule has 64 valence electrons. The van der Waals surface area contributed by atoms with Crippen molar-refractivity contribution in [1.82, 2.24) is 0 Å². The van der Waals surface area contributed by atoms with Gasteiger partial charge in [0, 0.05) is 17.1 Å².